The number of nitrogens with zero attached hydrogens (tertiary/aromatic N) is 1. The molecule has 1 atom stereocenters. The number of rotatable bonds is 8. The van der Waals surface area contributed by atoms with Gasteiger partial charge in [0.25, 0.3) is 5.91 Å². The van der Waals surface area contributed by atoms with E-state index in [9.17, 15) is 19.1 Å². The number of halogens is 3. The van der Waals surface area contributed by atoms with Gasteiger partial charge in [-0.25, -0.2) is 9.37 Å². The van der Waals surface area contributed by atoms with Crippen molar-refractivity contribution in [3.05, 3.63) is 98.7 Å². The van der Waals surface area contributed by atoms with E-state index < -0.39 is 17.7 Å². The lowest BCUT2D eigenvalue weighted by molar-refractivity contribution is -0.137. The Bertz CT molecular complexity index is 1450. The van der Waals surface area contributed by atoms with Gasteiger partial charge in [-0.05, 0) is 60.9 Å². The second-order valence-corrected chi connectivity index (χ2v) is 9.82. The fourth-order valence-electron chi connectivity index (χ4n) is 4.30. The number of fused-ring (bicyclic) bond motifs is 1. The molecule has 2 N–H and O–H groups in total. The van der Waals surface area contributed by atoms with Crippen LogP contribution in [0, 0.1) is 12.7 Å². The molecule has 0 aliphatic rings. The first-order chi connectivity index (χ1) is 17.2. The molecule has 0 saturated carbocycles. The van der Waals surface area contributed by atoms with Crippen LogP contribution in [0.25, 0.3) is 22.2 Å². The minimum absolute atomic E-state index is 0.0905. The van der Waals surface area contributed by atoms with Crippen molar-refractivity contribution < 1.29 is 19.1 Å². The summed E-state index contributed by atoms with van der Waals surface area (Å²) in [6.45, 7) is 1.95. The fraction of sp³-hybridized carbons (Fsp3) is 0.179. The average molecular weight is 570 g/mol. The maximum Gasteiger partial charge on any atom is 0.303 e. The number of hydrogen-bond acceptors (Lipinski definition) is 3. The Balaban J connectivity index is 1.72. The highest BCUT2D eigenvalue weighted by molar-refractivity contribution is 9.10. The Labute approximate surface area is 221 Å². The van der Waals surface area contributed by atoms with Crippen molar-refractivity contribution in [1.29, 1.82) is 0 Å². The molecule has 0 aliphatic heterocycles. The minimum atomic E-state index is -0.979. The Kier molecular flexibility index (Phi) is 8.01. The number of amides is 1. The lowest BCUT2D eigenvalue weighted by Gasteiger charge is -2.20. The second kappa shape index (κ2) is 11.2. The fourth-order valence-corrected chi connectivity index (χ4v) is 4.93. The number of nitrogens with one attached hydrogen (secondary N) is 1. The summed E-state index contributed by atoms with van der Waals surface area (Å²) >= 11 is 9.79. The predicted molar refractivity (Wildman–Crippen MR) is 143 cm³/mol. The van der Waals surface area contributed by atoms with Crippen LogP contribution in [0.4, 0.5) is 4.39 Å². The molecule has 1 aromatic heterocycles. The third-order valence-electron chi connectivity index (χ3n) is 6.08. The van der Waals surface area contributed by atoms with Crippen LogP contribution < -0.4 is 5.32 Å². The molecule has 36 heavy (non-hydrogen) atoms. The van der Waals surface area contributed by atoms with Gasteiger partial charge in [-0.1, -0.05) is 57.9 Å². The monoisotopic (exact) mass is 568 g/mol. The van der Waals surface area contributed by atoms with E-state index in [1.165, 1.54) is 18.2 Å². The quantitative estimate of drug-likeness (QED) is 0.236. The highest BCUT2D eigenvalue weighted by atomic mass is 79.9. The van der Waals surface area contributed by atoms with Crippen LogP contribution >= 0.6 is 27.5 Å². The first-order valence-electron chi connectivity index (χ1n) is 11.3. The van der Waals surface area contributed by atoms with E-state index in [1.54, 1.807) is 0 Å². The topological polar surface area (TPSA) is 79.3 Å². The number of aliphatic carboxylic acids is 1. The van der Waals surface area contributed by atoms with E-state index in [0.717, 1.165) is 15.6 Å². The Morgan fingerprint density at radius 1 is 1.11 bits per heavy atom. The van der Waals surface area contributed by atoms with Crippen LogP contribution in [0.1, 0.15) is 40.2 Å². The van der Waals surface area contributed by atoms with Crippen molar-refractivity contribution in [3.8, 4) is 11.3 Å². The molecule has 0 bridgehead atoms. The van der Waals surface area contributed by atoms with E-state index in [1.807, 2.05) is 55.5 Å². The molecule has 0 aliphatic carbocycles. The van der Waals surface area contributed by atoms with Crippen LogP contribution in [-0.2, 0) is 4.79 Å². The van der Waals surface area contributed by atoms with Crippen molar-refractivity contribution in [2.45, 2.75) is 25.7 Å². The smallest absolute Gasteiger partial charge is 0.303 e. The standard InChI is InChI=1S/C28H23BrClFN2O3/c1-16-26(22-13-19(29)8-11-24(22)33-27(16)17-5-3-2-4-6-17)28(36)32-15-18(7-12-25(34)35)21-14-20(31)9-10-23(21)30/h2-6,8-11,13-14,18H,7,12,15H2,1H3,(H,32,36)(H,34,35)/t18-/m1/s1. The van der Waals surface area contributed by atoms with Gasteiger partial charge in [0.1, 0.15) is 5.82 Å². The maximum absolute atomic E-state index is 14.0. The summed E-state index contributed by atoms with van der Waals surface area (Å²) in [6.07, 6.45) is 0.0470. The molecule has 0 saturated heterocycles. The molecule has 0 fully saturated rings. The molecule has 1 heterocycles. The zero-order chi connectivity index (χ0) is 25.8. The Hall–Kier alpha value is -3.29. The van der Waals surface area contributed by atoms with E-state index >= 15 is 0 Å². The van der Waals surface area contributed by atoms with Gasteiger partial charge in [0, 0.05) is 39.3 Å². The first-order valence-corrected chi connectivity index (χ1v) is 12.5. The highest BCUT2D eigenvalue weighted by Crippen LogP contribution is 2.32. The zero-order valence-electron chi connectivity index (χ0n) is 19.4. The second-order valence-electron chi connectivity index (χ2n) is 8.49. The summed E-state index contributed by atoms with van der Waals surface area (Å²) in [5, 5.41) is 13.2. The van der Waals surface area contributed by atoms with Gasteiger partial charge in [-0.15, -0.1) is 0 Å². The number of carbonyl (C=O) groups excluding carboxylic acids is 1. The molecule has 5 nitrogen and oxygen atoms in total. The van der Waals surface area contributed by atoms with Crippen LogP contribution in [0.5, 0.6) is 0 Å². The van der Waals surface area contributed by atoms with Crippen molar-refractivity contribution in [3.63, 3.8) is 0 Å². The van der Waals surface area contributed by atoms with Crippen LogP contribution in [0.2, 0.25) is 5.02 Å². The molecular formula is C28H23BrClFN2O3. The van der Waals surface area contributed by atoms with Gasteiger partial charge in [0.15, 0.2) is 0 Å². The molecule has 0 unspecified atom stereocenters. The Morgan fingerprint density at radius 3 is 2.58 bits per heavy atom. The van der Waals surface area contributed by atoms with Gasteiger partial charge >= 0.3 is 5.97 Å². The number of hydrogen-bond donors (Lipinski definition) is 2. The van der Waals surface area contributed by atoms with Gasteiger partial charge in [-0.2, -0.15) is 0 Å². The minimum Gasteiger partial charge on any atom is -0.481 e. The van der Waals surface area contributed by atoms with Gasteiger partial charge in [-0.3, -0.25) is 9.59 Å². The molecular weight excluding hydrogens is 547 g/mol. The van der Waals surface area contributed by atoms with Crippen molar-refractivity contribution in [2.24, 2.45) is 0 Å². The van der Waals surface area contributed by atoms with Crippen LogP contribution in [0.3, 0.4) is 0 Å². The van der Waals surface area contributed by atoms with Crippen molar-refractivity contribution in [2.75, 3.05) is 6.54 Å². The molecule has 8 heteroatoms. The molecule has 3 aromatic carbocycles. The summed E-state index contributed by atoms with van der Waals surface area (Å²) in [4.78, 5) is 29.7. The van der Waals surface area contributed by atoms with Gasteiger partial charge in [0.2, 0.25) is 0 Å². The number of pyridine rings is 1. The number of benzene rings is 3. The number of aromatic nitrogens is 1. The molecule has 4 aromatic rings. The molecule has 1 amide bonds. The normalized spacial score (nSPS) is 11.9. The third kappa shape index (κ3) is 5.74. The molecule has 0 spiro atoms. The largest absolute Gasteiger partial charge is 0.481 e. The summed E-state index contributed by atoms with van der Waals surface area (Å²) in [5.41, 5.74) is 3.91. The van der Waals surface area contributed by atoms with Gasteiger partial charge in [0.05, 0.1) is 16.8 Å². The van der Waals surface area contributed by atoms with E-state index in [0.29, 0.717) is 32.7 Å². The van der Waals surface area contributed by atoms with Crippen molar-refractivity contribution in [1.82, 2.24) is 10.3 Å². The number of carboxylic acid groups (broad SMARTS) is 1. The lowest BCUT2D eigenvalue weighted by Crippen LogP contribution is -2.30. The predicted octanol–water partition coefficient (Wildman–Crippen LogP) is 7.14. The number of carboxylic acids is 1. The van der Waals surface area contributed by atoms with E-state index in [2.05, 4.69) is 21.2 Å². The third-order valence-corrected chi connectivity index (χ3v) is 6.92. The molecule has 184 valence electrons. The van der Waals surface area contributed by atoms with Crippen LogP contribution in [0.15, 0.2) is 71.2 Å². The molecule has 0 radical (unpaired) electrons. The summed E-state index contributed by atoms with van der Waals surface area (Å²) in [6, 6.07) is 19.2. The van der Waals surface area contributed by atoms with Crippen LogP contribution in [-0.4, -0.2) is 28.5 Å². The maximum atomic E-state index is 14.0. The van der Waals surface area contributed by atoms with Gasteiger partial charge < -0.3 is 10.4 Å². The first kappa shape index (κ1) is 25.8. The number of carbonyl (C=O) groups is 2. The SMILES string of the molecule is Cc1c(-c2ccccc2)nc2ccc(Br)cc2c1C(=O)NC[C@@H](CCC(=O)O)c1cc(F)ccc1Cl. The zero-order valence-corrected chi connectivity index (χ0v) is 21.7. The highest BCUT2D eigenvalue weighted by Gasteiger charge is 2.22. The van der Waals surface area contributed by atoms with E-state index in [-0.39, 0.29) is 25.3 Å². The summed E-state index contributed by atoms with van der Waals surface area (Å²) in [7, 11) is 0. The van der Waals surface area contributed by atoms with Crippen molar-refractivity contribution >= 4 is 50.3 Å². The lowest BCUT2D eigenvalue weighted by atomic mass is 9.93. The van der Waals surface area contributed by atoms with E-state index in [4.69, 9.17) is 16.6 Å². The molecule has 4 rings (SSSR count). The summed E-state index contributed by atoms with van der Waals surface area (Å²) < 4.78 is 14.8. The Morgan fingerprint density at radius 2 is 1.86 bits per heavy atom. The summed E-state index contributed by atoms with van der Waals surface area (Å²) in [5.74, 6) is -2.27. The average Bonchev–Trinajstić information content (AvgIpc) is 2.85.